The van der Waals surface area contributed by atoms with Gasteiger partial charge in [0.2, 0.25) is 0 Å². The maximum Gasteiger partial charge on any atom is 0.356 e. The normalized spacial score (nSPS) is 12.9. The predicted molar refractivity (Wildman–Crippen MR) is 76.4 cm³/mol. The van der Waals surface area contributed by atoms with E-state index in [1.54, 1.807) is 0 Å². The maximum absolute atomic E-state index is 12.0. The Bertz CT molecular complexity index is 629. The zero-order valence-electron chi connectivity index (χ0n) is 11.4. The third-order valence-corrected chi connectivity index (χ3v) is 3.40. The average Bonchev–Trinajstić information content (AvgIpc) is 2.54. The van der Waals surface area contributed by atoms with Crippen LogP contribution in [0.1, 0.15) is 17.2 Å². The quantitative estimate of drug-likeness (QED) is 0.504. The summed E-state index contributed by atoms with van der Waals surface area (Å²) < 4.78 is 5.87. The topological polar surface area (TPSA) is 76.8 Å². The predicted octanol–water partition coefficient (Wildman–Crippen LogP) is 2.33. The number of nitrogens with one attached hydrogen (secondary N) is 1. The van der Waals surface area contributed by atoms with E-state index in [2.05, 4.69) is 5.43 Å². The Balaban J connectivity index is 2.16. The van der Waals surface area contributed by atoms with Crippen molar-refractivity contribution in [2.45, 2.75) is 6.04 Å². The van der Waals surface area contributed by atoms with E-state index in [-0.39, 0.29) is 0 Å². The molecule has 3 N–H and O–H groups in total. The first-order valence-electron chi connectivity index (χ1n) is 6.46. The van der Waals surface area contributed by atoms with Gasteiger partial charge in [0, 0.05) is 11.1 Å². The first-order chi connectivity index (χ1) is 10.3. The molecular formula is C15H15N3O3. The van der Waals surface area contributed by atoms with Crippen LogP contribution in [-0.2, 0) is 4.84 Å². The van der Waals surface area contributed by atoms with Gasteiger partial charge in [-0.3, -0.25) is 10.3 Å². The molecule has 1 aliphatic heterocycles. The van der Waals surface area contributed by atoms with E-state index in [0.29, 0.717) is 11.5 Å². The number of rotatable bonds is 2. The largest absolute Gasteiger partial charge is 0.457 e. The minimum atomic E-state index is -0.533. The number of carbonyl (C=O) groups excluding carboxylic acids is 1. The SMILES string of the molecule is CON(C(=O)NN)C1c2ccccc2Oc2ccccc21. The molecule has 0 bridgehead atoms. The van der Waals surface area contributed by atoms with E-state index in [1.165, 1.54) is 12.2 Å². The number of carbonyl (C=O) groups is 1. The number of hydrogen-bond acceptors (Lipinski definition) is 4. The molecule has 0 spiro atoms. The molecule has 6 heteroatoms. The molecule has 0 atom stereocenters. The number of amides is 2. The highest BCUT2D eigenvalue weighted by Gasteiger charge is 2.34. The molecule has 1 heterocycles. The summed E-state index contributed by atoms with van der Waals surface area (Å²) in [6.07, 6.45) is 0. The fourth-order valence-electron chi connectivity index (χ4n) is 2.51. The molecule has 108 valence electrons. The van der Waals surface area contributed by atoms with Gasteiger partial charge in [0.05, 0.1) is 7.11 Å². The summed E-state index contributed by atoms with van der Waals surface area (Å²) in [6.45, 7) is 0. The molecule has 0 aromatic heterocycles. The second-order valence-electron chi connectivity index (χ2n) is 4.54. The molecule has 2 aromatic rings. The number of hydrazine groups is 1. The standard InChI is InChI=1S/C15H15N3O3/c1-20-18(15(19)17-16)14-10-6-2-4-8-12(10)21-13-9-5-3-7-11(13)14/h2-9,14H,16H2,1H3,(H,17,19). The lowest BCUT2D eigenvalue weighted by molar-refractivity contribution is -0.110. The molecule has 21 heavy (non-hydrogen) atoms. The van der Waals surface area contributed by atoms with Crippen LogP contribution in [0.15, 0.2) is 48.5 Å². The molecule has 2 aromatic carbocycles. The summed E-state index contributed by atoms with van der Waals surface area (Å²) in [5.41, 5.74) is 3.77. The molecule has 6 nitrogen and oxygen atoms in total. The fourth-order valence-corrected chi connectivity index (χ4v) is 2.51. The maximum atomic E-state index is 12.0. The van der Waals surface area contributed by atoms with Gasteiger partial charge in [0.25, 0.3) is 0 Å². The van der Waals surface area contributed by atoms with Crippen LogP contribution >= 0.6 is 0 Å². The summed E-state index contributed by atoms with van der Waals surface area (Å²) >= 11 is 0. The van der Waals surface area contributed by atoms with E-state index in [4.69, 9.17) is 15.4 Å². The molecule has 0 fully saturated rings. The number of ether oxygens (including phenoxy) is 1. The number of para-hydroxylation sites is 2. The highest BCUT2D eigenvalue weighted by molar-refractivity contribution is 5.74. The van der Waals surface area contributed by atoms with Crippen molar-refractivity contribution in [2.75, 3.05) is 7.11 Å². The van der Waals surface area contributed by atoms with Crippen LogP contribution in [-0.4, -0.2) is 18.2 Å². The monoisotopic (exact) mass is 285 g/mol. The third-order valence-electron chi connectivity index (χ3n) is 3.40. The van der Waals surface area contributed by atoms with Gasteiger partial charge in [-0.2, -0.15) is 5.06 Å². The van der Waals surface area contributed by atoms with E-state index in [1.807, 2.05) is 48.5 Å². The molecule has 0 radical (unpaired) electrons. The van der Waals surface area contributed by atoms with Crippen LogP contribution in [0, 0.1) is 0 Å². The zero-order valence-corrected chi connectivity index (χ0v) is 11.4. The van der Waals surface area contributed by atoms with Crippen molar-refractivity contribution >= 4 is 6.03 Å². The number of fused-ring (bicyclic) bond motifs is 2. The lowest BCUT2D eigenvalue weighted by Crippen LogP contribution is -2.45. The molecule has 3 rings (SSSR count). The first-order valence-corrected chi connectivity index (χ1v) is 6.46. The summed E-state index contributed by atoms with van der Waals surface area (Å²) in [4.78, 5) is 17.2. The smallest absolute Gasteiger partial charge is 0.356 e. The van der Waals surface area contributed by atoms with E-state index in [9.17, 15) is 4.79 Å². The van der Waals surface area contributed by atoms with E-state index in [0.717, 1.165) is 11.1 Å². The number of benzene rings is 2. The summed E-state index contributed by atoms with van der Waals surface area (Å²) in [7, 11) is 1.43. The lowest BCUT2D eigenvalue weighted by Gasteiger charge is -2.34. The Morgan fingerprint density at radius 2 is 1.67 bits per heavy atom. The van der Waals surface area contributed by atoms with Gasteiger partial charge in [-0.15, -0.1) is 0 Å². The van der Waals surface area contributed by atoms with Crippen molar-refractivity contribution in [3.05, 3.63) is 59.7 Å². The van der Waals surface area contributed by atoms with Gasteiger partial charge in [-0.05, 0) is 12.1 Å². The van der Waals surface area contributed by atoms with Gasteiger partial charge in [0.1, 0.15) is 17.5 Å². The van der Waals surface area contributed by atoms with E-state index < -0.39 is 12.1 Å². The second-order valence-corrected chi connectivity index (χ2v) is 4.54. The zero-order chi connectivity index (χ0) is 14.8. The highest BCUT2D eigenvalue weighted by atomic mass is 16.7. The van der Waals surface area contributed by atoms with Crippen LogP contribution in [0.2, 0.25) is 0 Å². The Labute approximate surface area is 122 Å². The number of nitrogens with two attached hydrogens (primary N) is 1. The first kappa shape index (κ1) is 13.4. The van der Waals surface area contributed by atoms with Crippen molar-refractivity contribution in [2.24, 2.45) is 5.84 Å². The molecule has 1 aliphatic rings. The minimum Gasteiger partial charge on any atom is -0.457 e. The Morgan fingerprint density at radius 3 is 2.14 bits per heavy atom. The van der Waals surface area contributed by atoms with Gasteiger partial charge in [0.15, 0.2) is 0 Å². The lowest BCUT2D eigenvalue weighted by atomic mass is 9.94. The Morgan fingerprint density at radius 1 is 1.14 bits per heavy atom. The number of hydroxylamine groups is 2. The molecule has 0 saturated carbocycles. The van der Waals surface area contributed by atoms with Crippen molar-refractivity contribution < 1.29 is 14.4 Å². The number of hydrogen-bond donors (Lipinski definition) is 2. The average molecular weight is 285 g/mol. The van der Waals surface area contributed by atoms with Crippen LogP contribution in [0.25, 0.3) is 0 Å². The third kappa shape index (κ3) is 2.20. The van der Waals surface area contributed by atoms with Gasteiger partial charge < -0.3 is 4.74 Å². The van der Waals surface area contributed by atoms with Crippen molar-refractivity contribution in [1.82, 2.24) is 10.5 Å². The molecule has 0 aliphatic carbocycles. The summed E-state index contributed by atoms with van der Waals surface area (Å²) in [5, 5.41) is 1.19. The molecule has 0 unspecified atom stereocenters. The highest BCUT2D eigenvalue weighted by Crippen LogP contribution is 2.45. The number of urea groups is 1. The molecular weight excluding hydrogens is 270 g/mol. The summed E-state index contributed by atoms with van der Waals surface area (Å²) in [5.74, 6) is 6.62. The van der Waals surface area contributed by atoms with Crippen LogP contribution in [0.3, 0.4) is 0 Å². The van der Waals surface area contributed by atoms with E-state index >= 15 is 0 Å². The molecule has 0 saturated heterocycles. The van der Waals surface area contributed by atoms with Crippen molar-refractivity contribution in [3.8, 4) is 11.5 Å². The van der Waals surface area contributed by atoms with Gasteiger partial charge in [-0.25, -0.2) is 10.6 Å². The van der Waals surface area contributed by atoms with Crippen LogP contribution in [0.4, 0.5) is 4.79 Å². The molecule has 2 amide bonds. The Kier molecular flexibility index (Phi) is 3.47. The summed E-state index contributed by atoms with van der Waals surface area (Å²) in [6, 6.07) is 14.1. The fraction of sp³-hybridized carbons (Fsp3) is 0.133. The van der Waals surface area contributed by atoms with Gasteiger partial charge in [-0.1, -0.05) is 36.4 Å². The van der Waals surface area contributed by atoms with Crippen molar-refractivity contribution in [3.63, 3.8) is 0 Å². The second kappa shape index (κ2) is 5.43. The number of nitrogens with zero attached hydrogens (tertiary/aromatic N) is 1. The van der Waals surface area contributed by atoms with Gasteiger partial charge >= 0.3 is 6.03 Å². The minimum absolute atomic E-state index is 0.431. The van der Waals surface area contributed by atoms with Crippen LogP contribution < -0.4 is 16.0 Å². The Hall–Kier alpha value is -2.57. The van der Waals surface area contributed by atoms with Crippen LogP contribution in [0.5, 0.6) is 11.5 Å². The van der Waals surface area contributed by atoms with Crippen molar-refractivity contribution in [1.29, 1.82) is 0 Å².